The largest absolute Gasteiger partial charge is 0.340 e. The van der Waals surface area contributed by atoms with E-state index in [1.54, 1.807) is 0 Å². The number of amides is 1. The van der Waals surface area contributed by atoms with Gasteiger partial charge in [0, 0.05) is 45.7 Å². The van der Waals surface area contributed by atoms with Crippen molar-refractivity contribution in [3.63, 3.8) is 0 Å². The molecule has 3 rings (SSSR count). The van der Waals surface area contributed by atoms with Crippen molar-refractivity contribution in [3.05, 3.63) is 35.9 Å². The van der Waals surface area contributed by atoms with Crippen LogP contribution < -0.4 is 0 Å². The first-order valence-corrected chi connectivity index (χ1v) is 10.5. The molecule has 0 aliphatic carbocycles. The number of piperidine rings is 1. The SMILES string of the molecule is CCCN1CCC[C@H](CCC(=O)N2CCN(Cc3ccccc3)CC2)C1. The summed E-state index contributed by atoms with van der Waals surface area (Å²) >= 11 is 0. The average Bonchev–Trinajstić information content (AvgIpc) is 2.68. The Labute approximate surface area is 159 Å². The van der Waals surface area contributed by atoms with E-state index in [1.165, 1.54) is 44.5 Å². The topological polar surface area (TPSA) is 26.8 Å². The van der Waals surface area contributed by atoms with Crippen molar-refractivity contribution >= 4 is 5.91 Å². The summed E-state index contributed by atoms with van der Waals surface area (Å²) in [4.78, 5) is 19.7. The van der Waals surface area contributed by atoms with Crippen molar-refractivity contribution in [1.29, 1.82) is 0 Å². The molecule has 1 aromatic rings. The van der Waals surface area contributed by atoms with Crippen LogP contribution in [0.5, 0.6) is 0 Å². The summed E-state index contributed by atoms with van der Waals surface area (Å²) in [5, 5.41) is 0. The normalized spacial score (nSPS) is 22.5. The summed E-state index contributed by atoms with van der Waals surface area (Å²) < 4.78 is 0. The molecular formula is C22H35N3O. The maximum absolute atomic E-state index is 12.6. The Morgan fingerprint density at radius 3 is 2.54 bits per heavy atom. The van der Waals surface area contributed by atoms with Crippen LogP contribution in [0.2, 0.25) is 0 Å². The highest BCUT2D eigenvalue weighted by Crippen LogP contribution is 2.22. The standard InChI is InChI=1S/C22H35N3O/c1-2-12-23-13-6-9-21(19-23)10-11-22(26)25-16-14-24(15-17-25)18-20-7-4-3-5-8-20/h3-5,7-8,21H,2,6,9-19H2,1H3/t21-/m1/s1. The predicted molar refractivity (Wildman–Crippen MR) is 107 cm³/mol. The fourth-order valence-corrected chi connectivity index (χ4v) is 4.39. The van der Waals surface area contributed by atoms with Crippen LogP contribution >= 0.6 is 0 Å². The Hall–Kier alpha value is -1.39. The van der Waals surface area contributed by atoms with Crippen molar-refractivity contribution < 1.29 is 4.79 Å². The molecule has 4 heteroatoms. The zero-order valence-corrected chi connectivity index (χ0v) is 16.4. The molecule has 0 spiro atoms. The first-order valence-electron chi connectivity index (χ1n) is 10.5. The summed E-state index contributed by atoms with van der Waals surface area (Å²) in [6.45, 7) is 10.7. The van der Waals surface area contributed by atoms with Crippen molar-refractivity contribution in [2.75, 3.05) is 45.8 Å². The smallest absolute Gasteiger partial charge is 0.222 e. The molecule has 1 atom stereocenters. The van der Waals surface area contributed by atoms with Gasteiger partial charge in [-0.25, -0.2) is 0 Å². The van der Waals surface area contributed by atoms with Gasteiger partial charge in [0.25, 0.3) is 0 Å². The molecule has 0 radical (unpaired) electrons. The number of nitrogens with zero attached hydrogens (tertiary/aromatic N) is 3. The second-order valence-electron chi connectivity index (χ2n) is 7.99. The Balaban J connectivity index is 1.36. The van der Waals surface area contributed by atoms with E-state index < -0.39 is 0 Å². The minimum Gasteiger partial charge on any atom is -0.340 e. The number of carbonyl (C=O) groups excluding carboxylic acids is 1. The molecule has 1 amide bonds. The lowest BCUT2D eigenvalue weighted by atomic mass is 9.93. The minimum atomic E-state index is 0.372. The predicted octanol–water partition coefficient (Wildman–Crippen LogP) is 3.23. The molecule has 2 saturated heterocycles. The Kier molecular flexibility index (Phi) is 7.51. The number of rotatable bonds is 7. The molecule has 26 heavy (non-hydrogen) atoms. The number of carbonyl (C=O) groups is 1. The molecule has 2 fully saturated rings. The first-order chi connectivity index (χ1) is 12.7. The third-order valence-corrected chi connectivity index (χ3v) is 5.88. The van der Waals surface area contributed by atoms with E-state index in [0.717, 1.165) is 51.5 Å². The van der Waals surface area contributed by atoms with Crippen LogP contribution in [0.4, 0.5) is 0 Å². The zero-order chi connectivity index (χ0) is 18.2. The van der Waals surface area contributed by atoms with Gasteiger partial charge in [-0.15, -0.1) is 0 Å². The van der Waals surface area contributed by atoms with Crippen molar-refractivity contribution in [1.82, 2.24) is 14.7 Å². The lowest BCUT2D eigenvalue weighted by Crippen LogP contribution is -2.48. The highest BCUT2D eigenvalue weighted by Gasteiger charge is 2.24. The van der Waals surface area contributed by atoms with Crippen LogP contribution in [0.15, 0.2) is 30.3 Å². The zero-order valence-electron chi connectivity index (χ0n) is 16.4. The molecule has 0 aromatic heterocycles. The molecule has 1 aromatic carbocycles. The molecule has 144 valence electrons. The fourth-order valence-electron chi connectivity index (χ4n) is 4.39. The van der Waals surface area contributed by atoms with E-state index in [-0.39, 0.29) is 0 Å². The van der Waals surface area contributed by atoms with Crippen LogP contribution in [0.1, 0.15) is 44.6 Å². The van der Waals surface area contributed by atoms with E-state index >= 15 is 0 Å². The second-order valence-corrected chi connectivity index (χ2v) is 7.99. The van der Waals surface area contributed by atoms with Gasteiger partial charge in [0.15, 0.2) is 0 Å². The molecule has 0 bridgehead atoms. The summed E-state index contributed by atoms with van der Waals surface area (Å²) in [5.74, 6) is 1.09. The van der Waals surface area contributed by atoms with Gasteiger partial charge in [-0.05, 0) is 50.3 Å². The molecule has 2 aliphatic heterocycles. The molecule has 2 heterocycles. The molecule has 0 saturated carbocycles. The van der Waals surface area contributed by atoms with Crippen LogP contribution in [0.3, 0.4) is 0 Å². The second kappa shape index (κ2) is 10.1. The van der Waals surface area contributed by atoms with Crippen LogP contribution in [0, 0.1) is 5.92 Å². The number of benzene rings is 1. The van der Waals surface area contributed by atoms with Gasteiger partial charge in [0.05, 0.1) is 0 Å². The molecular weight excluding hydrogens is 322 g/mol. The van der Waals surface area contributed by atoms with Crippen LogP contribution in [0.25, 0.3) is 0 Å². The number of likely N-dealkylation sites (tertiary alicyclic amines) is 1. The van der Waals surface area contributed by atoms with Crippen molar-refractivity contribution in [3.8, 4) is 0 Å². The lowest BCUT2D eigenvalue weighted by Gasteiger charge is -2.36. The highest BCUT2D eigenvalue weighted by molar-refractivity contribution is 5.76. The number of hydrogen-bond donors (Lipinski definition) is 0. The average molecular weight is 358 g/mol. The Morgan fingerprint density at radius 2 is 1.81 bits per heavy atom. The van der Waals surface area contributed by atoms with E-state index in [9.17, 15) is 4.79 Å². The Bertz CT molecular complexity index is 538. The van der Waals surface area contributed by atoms with E-state index in [2.05, 4.69) is 52.0 Å². The van der Waals surface area contributed by atoms with Gasteiger partial charge in [-0.1, -0.05) is 37.3 Å². The van der Waals surface area contributed by atoms with Crippen LogP contribution in [-0.4, -0.2) is 66.4 Å². The maximum atomic E-state index is 12.6. The monoisotopic (exact) mass is 357 g/mol. The van der Waals surface area contributed by atoms with Gasteiger partial charge in [0.2, 0.25) is 5.91 Å². The summed E-state index contributed by atoms with van der Waals surface area (Å²) in [6.07, 6.45) is 5.65. The van der Waals surface area contributed by atoms with Gasteiger partial charge in [-0.2, -0.15) is 0 Å². The first kappa shape index (κ1) is 19.4. The van der Waals surface area contributed by atoms with Crippen molar-refractivity contribution in [2.45, 2.75) is 45.6 Å². The third kappa shape index (κ3) is 5.82. The molecule has 4 nitrogen and oxygen atoms in total. The summed E-state index contributed by atoms with van der Waals surface area (Å²) in [5.41, 5.74) is 1.36. The lowest BCUT2D eigenvalue weighted by molar-refractivity contribution is -0.133. The highest BCUT2D eigenvalue weighted by atomic mass is 16.2. The van der Waals surface area contributed by atoms with Gasteiger partial charge in [-0.3, -0.25) is 9.69 Å². The van der Waals surface area contributed by atoms with Gasteiger partial charge < -0.3 is 9.80 Å². The van der Waals surface area contributed by atoms with Crippen LogP contribution in [-0.2, 0) is 11.3 Å². The van der Waals surface area contributed by atoms with E-state index in [4.69, 9.17) is 0 Å². The maximum Gasteiger partial charge on any atom is 0.222 e. The minimum absolute atomic E-state index is 0.372. The fraction of sp³-hybridized carbons (Fsp3) is 0.682. The van der Waals surface area contributed by atoms with Gasteiger partial charge >= 0.3 is 0 Å². The van der Waals surface area contributed by atoms with Gasteiger partial charge in [0.1, 0.15) is 0 Å². The number of hydrogen-bond acceptors (Lipinski definition) is 3. The number of piperazine rings is 1. The third-order valence-electron chi connectivity index (χ3n) is 5.88. The molecule has 0 unspecified atom stereocenters. The van der Waals surface area contributed by atoms with Crippen molar-refractivity contribution in [2.24, 2.45) is 5.92 Å². The quantitative estimate of drug-likeness (QED) is 0.750. The van der Waals surface area contributed by atoms with E-state index in [0.29, 0.717) is 5.91 Å². The molecule has 2 aliphatic rings. The molecule has 0 N–H and O–H groups in total. The Morgan fingerprint density at radius 1 is 1.04 bits per heavy atom. The van der Waals surface area contributed by atoms with E-state index in [1.807, 2.05) is 0 Å². The summed E-state index contributed by atoms with van der Waals surface area (Å²) in [7, 11) is 0. The summed E-state index contributed by atoms with van der Waals surface area (Å²) in [6, 6.07) is 10.6.